The molecule has 1 aliphatic rings. The van der Waals surface area contributed by atoms with Gasteiger partial charge in [0.1, 0.15) is 30.4 Å². The number of thiocarbonyl (C=S) groups is 1. The molecule has 0 unspecified atom stereocenters. The van der Waals surface area contributed by atoms with Gasteiger partial charge < -0.3 is 14.8 Å². The minimum absolute atomic E-state index is 0.115. The largest absolute Gasteiger partial charge is 0.489 e. The van der Waals surface area contributed by atoms with E-state index in [4.69, 9.17) is 17.0 Å². The van der Waals surface area contributed by atoms with Crippen LogP contribution in [0.5, 0.6) is 5.75 Å². The van der Waals surface area contributed by atoms with Gasteiger partial charge in [-0.25, -0.2) is 4.39 Å². The second-order valence-corrected chi connectivity index (χ2v) is 6.29. The van der Waals surface area contributed by atoms with Crippen LogP contribution in [0.1, 0.15) is 11.1 Å². The van der Waals surface area contributed by atoms with Crippen molar-refractivity contribution >= 4 is 35.3 Å². The molecule has 0 radical (unpaired) electrons. The standard InChI is InChI=1S/C20H17FN2O4S/c1-26-18(24)11-23-19(25)17(22-20(23)28)10-13-6-8-15(9-7-13)27-12-14-4-2-3-5-16(14)21/h2-10H,11-12H2,1H3,(H,22,28)/b17-10-. The Morgan fingerprint density at radius 2 is 1.93 bits per heavy atom. The van der Waals surface area contributed by atoms with E-state index in [1.165, 1.54) is 13.2 Å². The number of methoxy groups -OCH3 is 1. The van der Waals surface area contributed by atoms with Crippen molar-refractivity contribution in [2.45, 2.75) is 6.61 Å². The predicted molar refractivity (Wildman–Crippen MR) is 105 cm³/mol. The molecule has 0 spiro atoms. The van der Waals surface area contributed by atoms with Crippen molar-refractivity contribution in [3.8, 4) is 5.75 Å². The number of benzene rings is 2. The van der Waals surface area contributed by atoms with E-state index in [9.17, 15) is 14.0 Å². The number of halogens is 1. The molecule has 1 fully saturated rings. The van der Waals surface area contributed by atoms with E-state index in [2.05, 4.69) is 10.1 Å². The summed E-state index contributed by atoms with van der Waals surface area (Å²) in [6, 6.07) is 13.4. The lowest BCUT2D eigenvalue weighted by molar-refractivity contribution is -0.143. The van der Waals surface area contributed by atoms with Crippen molar-refractivity contribution in [2.75, 3.05) is 13.7 Å². The van der Waals surface area contributed by atoms with Gasteiger partial charge in [-0.2, -0.15) is 0 Å². The van der Waals surface area contributed by atoms with Crippen LogP contribution in [0, 0.1) is 5.82 Å². The number of hydrogen-bond acceptors (Lipinski definition) is 5. The van der Waals surface area contributed by atoms with Gasteiger partial charge in [0.05, 0.1) is 7.11 Å². The molecule has 1 N–H and O–H groups in total. The third-order valence-corrected chi connectivity index (χ3v) is 4.34. The summed E-state index contributed by atoms with van der Waals surface area (Å²) in [6.07, 6.45) is 1.62. The number of ether oxygens (including phenoxy) is 2. The van der Waals surface area contributed by atoms with Crippen LogP contribution in [0.4, 0.5) is 4.39 Å². The Morgan fingerprint density at radius 1 is 1.21 bits per heavy atom. The second-order valence-electron chi connectivity index (χ2n) is 5.90. The lowest BCUT2D eigenvalue weighted by atomic mass is 10.2. The lowest BCUT2D eigenvalue weighted by Gasteiger charge is -2.11. The Hall–Kier alpha value is -3.26. The molecule has 3 rings (SSSR count). The minimum atomic E-state index is -0.560. The smallest absolute Gasteiger partial charge is 0.325 e. The number of hydrogen-bond donors (Lipinski definition) is 1. The molecule has 1 heterocycles. The molecule has 1 saturated heterocycles. The SMILES string of the molecule is COC(=O)CN1C(=O)/C(=C/c2ccc(OCc3ccccc3F)cc2)NC1=S. The molecule has 2 aromatic rings. The number of carbonyl (C=O) groups is 2. The van der Waals surface area contributed by atoms with Gasteiger partial charge in [-0.3, -0.25) is 14.5 Å². The highest BCUT2D eigenvalue weighted by molar-refractivity contribution is 7.80. The highest BCUT2D eigenvalue weighted by Crippen LogP contribution is 2.19. The predicted octanol–water partition coefficient (Wildman–Crippen LogP) is 2.64. The summed E-state index contributed by atoms with van der Waals surface area (Å²) in [7, 11) is 1.24. The Bertz CT molecular complexity index is 943. The Labute approximate surface area is 166 Å². The summed E-state index contributed by atoms with van der Waals surface area (Å²) in [5.41, 5.74) is 1.46. The number of rotatable bonds is 6. The molecule has 0 aliphatic carbocycles. The third-order valence-electron chi connectivity index (χ3n) is 4.02. The zero-order chi connectivity index (χ0) is 20.1. The number of carbonyl (C=O) groups excluding carboxylic acids is 2. The number of nitrogens with one attached hydrogen (secondary N) is 1. The van der Waals surface area contributed by atoms with Crippen molar-refractivity contribution < 1.29 is 23.5 Å². The quantitative estimate of drug-likeness (QED) is 0.457. The average Bonchev–Trinajstić information content (AvgIpc) is 2.95. The van der Waals surface area contributed by atoms with Gasteiger partial charge in [0.15, 0.2) is 5.11 Å². The van der Waals surface area contributed by atoms with Gasteiger partial charge >= 0.3 is 5.97 Å². The monoisotopic (exact) mass is 400 g/mol. The van der Waals surface area contributed by atoms with Crippen molar-refractivity contribution in [1.82, 2.24) is 10.2 Å². The van der Waals surface area contributed by atoms with Crippen molar-refractivity contribution in [2.24, 2.45) is 0 Å². The van der Waals surface area contributed by atoms with Crippen LogP contribution in [0.3, 0.4) is 0 Å². The van der Waals surface area contributed by atoms with Gasteiger partial charge in [0, 0.05) is 5.56 Å². The normalized spacial score (nSPS) is 14.9. The third kappa shape index (κ3) is 4.52. The van der Waals surface area contributed by atoms with Crippen LogP contribution >= 0.6 is 12.2 Å². The molecule has 2 aromatic carbocycles. The first-order valence-corrected chi connectivity index (χ1v) is 8.76. The lowest BCUT2D eigenvalue weighted by Crippen LogP contribution is -2.35. The zero-order valence-electron chi connectivity index (χ0n) is 15.0. The Kier molecular flexibility index (Phi) is 6.00. The number of amides is 1. The van der Waals surface area contributed by atoms with Crippen LogP contribution in [-0.4, -0.2) is 35.5 Å². The van der Waals surface area contributed by atoms with Crippen LogP contribution < -0.4 is 10.1 Å². The average molecular weight is 400 g/mol. The summed E-state index contributed by atoms with van der Waals surface area (Å²) >= 11 is 5.08. The van der Waals surface area contributed by atoms with E-state index in [0.29, 0.717) is 11.3 Å². The summed E-state index contributed by atoms with van der Waals surface area (Å²) in [5, 5.41) is 2.93. The second kappa shape index (κ2) is 8.62. The number of nitrogens with zero attached hydrogens (tertiary/aromatic N) is 1. The maximum atomic E-state index is 13.6. The fourth-order valence-electron chi connectivity index (χ4n) is 2.51. The first-order chi connectivity index (χ1) is 13.5. The molecule has 0 saturated carbocycles. The van der Waals surface area contributed by atoms with Gasteiger partial charge in [-0.1, -0.05) is 30.3 Å². The first kappa shape index (κ1) is 19.5. The van der Waals surface area contributed by atoms with Gasteiger partial charge in [0.25, 0.3) is 5.91 Å². The summed E-state index contributed by atoms with van der Waals surface area (Å²) < 4.78 is 23.8. The van der Waals surface area contributed by atoms with E-state index in [0.717, 1.165) is 10.5 Å². The highest BCUT2D eigenvalue weighted by Gasteiger charge is 2.32. The summed E-state index contributed by atoms with van der Waals surface area (Å²) in [5.74, 6) is -0.716. The van der Waals surface area contributed by atoms with E-state index in [-0.39, 0.29) is 29.8 Å². The van der Waals surface area contributed by atoms with E-state index in [1.54, 1.807) is 48.5 Å². The topological polar surface area (TPSA) is 67.9 Å². The van der Waals surface area contributed by atoms with Crippen LogP contribution in [0.25, 0.3) is 6.08 Å². The van der Waals surface area contributed by atoms with Gasteiger partial charge in [0.2, 0.25) is 0 Å². The summed E-state index contributed by atoms with van der Waals surface area (Å²) in [6.45, 7) is -0.134. The Morgan fingerprint density at radius 3 is 2.61 bits per heavy atom. The molecule has 144 valence electrons. The first-order valence-electron chi connectivity index (χ1n) is 8.35. The maximum absolute atomic E-state index is 13.6. The molecule has 0 atom stereocenters. The van der Waals surface area contributed by atoms with E-state index in [1.807, 2.05) is 0 Å². The molecule has 0 aromatic heterocycles. The van der Waals surface area contributed by atoms with Crippen LogP contribution in [0.2, 0.25) is 0 Å². The molecule has 1 amide bonds. The molecule has 0 bridgehead atoms. The number of esters is 1. The zero-order valence-corrected chi connectivity index (χ0v) is 15.8. The van der Waals surface area contributed by atoms with Crippen molar-refractivity contribution in [1.29, 1.82) is 0 Å². The van der Waals surface area contributed by atoms with Gasteiger partial charge in [-0.15, -0.1) is 0 Å². The van der Waals surface area contributed by atoms with Crippen LogP contribution in [-0.2, 0) is 20.9 Å². The fraction of sp³-hybridized carbons (Fsp3) is 0.150. The molecule has 8 heteroatoms. The summed E-state index contributed by atoms with van der Waals surface area (Å²) in [4.78, 5) is 24.9. The molecule has 28 heavy (non-hydrogen) atoms. The molecular formula is C20H17FN2O4S. The van der Waals surface area contributed by atoms with Crippen molar-refractivity contribution in [3.63, 3.8) is 0 Å². The van der Waals surface area contributed by atoms with Gasteiger partial charge in [-0.05, 0) is 42.1 Å². The molecule has 6 nitrogen and oxygen atoms in total. The van der Waals surface area contributed by atoms with Crippen molar-refractivity contribution in [3.05, 3.63) is 71.2 Å². The van der Waals surface area contributed by atoms with E-state index < -0.39 is 11.9 Å². The Balaban J connectivity index is 1.65. The van der Waals surface area contributed by atoms with E-state index >= 15 is 0 Å². The maximum Gasteiger partial charge on any atom is 0.325 e. The highest BCUT2D eigenvalue weighted by atomic mass is 32.1. The van der Waals surface area contributed by atoms with Crippen LogP contribution in [0.15, 0.2) is 54.2 Å². The molecular weight excluding hydrogens is 383 g/mol. The minimum Gasteiger partial charge on any atom is -0.489 e. The fourth-order valence-corrected chi connectivity index (χ4v) is 2.77. The molecule has 1 aliphatic heterocycles.